The third-order valence-corrected chi connectivity index (χ3v) is 3.00. The Hall–Kier alpha value is -1.56. The zero-order valence-corrected chi connectivity index (χ0v) is 10.2. The molecule has 0 unspecified atom stereocenters. The summed E-state index contributed by atoms with van der Waals surface area (Å²) in [6.45, 7) is 2.10. The first-order valence-electron chi connectivity index (χ1n) is 5.17. The number of benzene rings is 1. The summed E-state index contributed by atoms with van der Waals surface area (Å²) in [6, 6.07) is 6.48. The molecule has 0 bridgehead atoms. The average Bonchev–Trinajstić information content (AvgIpc) is 2.30. The fraction of sp³-hybridized carbons (Fsp3) is 0.364. The molecule has 0 atom stereocenters. The highest BCUT2D eigenvalue weighted by Crippen LogP contribution is 2.28. The number of thioether (sulfide) groups is 1. The van der Waals surface area contributed by atoms with E-state index in [-0.39, 0.29) is 18.1 Å². The highest BCUT2D eigenvalue weighted by atomic mass is 32.2. The van der Waals surface area contributed by atoms with E-state index >= 15 is 0 Å². The van der Waals surface area contributed by atoms with E-state index < -0.39 is 4.92 Å². The molecule has 1 rings (SSSR count). The molecule has 0 aliphatic carbocycles. The second-order valence-electron chi connectivity index (χ2n) is 3.13. The van der Waals surface area contributed by atoms with Crippen LogP contribution in [-0.2, 0) is 9.53 Å². The number of nitro groups is 1. The summed E-state index contributed by atoms with van der Waals surface area (Å²) < 4.78 is 4.77. The normalized spacial score (nSPS) is 9.94. The molecule has 1 aromatic rings. The molecule has 0 saturated heterocycles. The van der Waals surface area contributed by atoms with Crippen molar-refractivity contribution in [2.75, 3.05) is 12.4 Å². The number of hydrogen-bond donors (Lipinski definition) is 0. The van der Waals surface area contributed by atoms with Gasteiger partial charge in [0.25, 0.3) is 5.69 Å². The van der Waals surface area contributed by atoms with E-state index in [1.54, 1.807) is 25.1 Å². The smallest absolute Gasteiger partial charge is 0.306 e. The molecule has 0 aliphatic rings. The Bertz CT molecular complexity index is 408. The second kappa shape index (κ2) is 6.90. The third kappa shape index (κ3) is 4.44. The highest BCUT2D eigenvalue weighted by Gasteiger charge is 2.13. The molecule has 0 radical (unpaired) electrons. The molecule has 0 N–H and O–H groups in total. The van der Waals surface area contributed by atoms with Gasteiger partial charge in [0.1, 0.15) is 0 Å². The number of para-hydroxylation sites is 1. The summed E-state index contributed by atoms with van der Waals surface area (Å²) in [7, 11) is 0. The predicted molar refractivity (Wildman–Crippen MR) is 65.1 cm³/mol. The van der Waals surface area contributed by atoms with E-state index in [1.807, 2.05) is 0 Å². The zero-order valence-electron chi connectivity index (χ0n) is 9.42. The van der Waals surface area contributed by atoms with Crippen LogP contribution in [0.15, 0.2) is 29.2 Å². The molecule has 0 heterocycles. The van der Waals surface area contributed by atoms with Gasteiger partial charge in [-0.05, 0) is 13.0 Å². The van der Waals surface area contributed by atoms with E-state index in [9.17, 15) is 14.9 Å². The van der Waals surface area contributed by atoms with Crippen molar-refractivity contribution in [1.82, 2.24) is 0 Å². The summed E-state index contributed by atoms with van der Waals surface area (Å²) in [5.74, 6) is 0.197. The number of hydrogen-bond acceptors (Lipinski definition) is 5. The lowest BCUT2D eigenvalue weighted by molar-refractivity contribution is -0.387. The Morgan fingerprint density at radius 1 is 1.47 bits per heavy atom. The molecular formula is C11H13NO4S. The Balaban J connectivity index is 2.52. The van der Waals surface area contributed by atoms with E-state index in [2.05, 4.69) is 0 Å². The van der Waals surface area contributed by atoms with Crippen LogP contribution < -0.4 is 0 Å². The molecule has 5 nitrogen and oxygen atoms in total. The molecule has 0 saturated carbocycles. The molecule has 1 aromatic carbocycles. The van der Waals surface area contributed by atoms with Crippen LogP contribution in [0.3, 0.4) is 0 Å². The predicted octanol–water partition coefficient (Wildman–Crippen LogP) is 2.64. The lowest BCUT2D eigenvalue weighted by atomic mass is 10.3. The van der Waals surface area contributed by atoms with Gasteiger partial charge in [-0.25, -0.2) is 0 Å². The van der Waals surface area contributed by atoms with E-state index in [0.717, 1.165) is 0 Å². The van der Waals surface area contributed by atoms with E-state index in [4.69, 9.17) is 4.74 Å². The average molecular weight is 255 g/mol. The van der Waals surface area contributed by atoms with Gasteiger partial charge < -0.3 is 4.74 Å². The molecule has 0 amide bonds. The Kier molecular flexibility index (Phi) is 5.48. The van der Waals surface area contributed by atoms with Gasteiger partial charge in [0, 0.05) is 11.8 Å². The first-order valence-corrected chi connectivity index (χ1v) is 6.15. The van der Waals surface area contributed by atoms with Crippen LogP contribution in [0.2, 0.25) is 0 Å². The standard InChI is InChI=1S/C11H13NO4S/c1-2-16-11(13)7-8-17-10-6-4-3-5-9(10)12(14)15/h3-6H,2,7-8H2,1H3. The van der Waals surface area contributed by atoms with Gasteiger partial charge in [-0.2, -0.15) is 0 Å². The summed E-state index contributed by atoms with van der Waals surface area (Å²) in [6.07, 6.45) is 0.255. The van der Waals surface area contributed by atoms with Gasteiger partial charge in [-0.3, -0.25) is 14.9 Å². The molecule has 0 spiro atoms. The molecular weight excluding hydrogens is 242 g/mol. The van der Waals surface area contributed by atoms with Crippen LogP contribution in [0.1, 0.15) is 13.3 Å². The lowest BCUT2D eigenvalue weighted by Crippen LogP contribution is -2.04. The number of rotatable bonds is 6. The molecule has 17 heavy (non-hydrogen) atoms. The monoisotopic (exact) mass is 255 g/mol. The highest BCUT2D eigenvalue weighted by molar-refractivity contribution is 7.99. The number of esters is 1. The molecule has 92 valence electrons. The minimum atomic E-state index is -0.424. The first kappa shape index (κ1) is 13.5. The van der Waals surface area contributed by atoms with Crippen LogP contribution in [0.4, 0.5) is 5.69 Å². The Labute approximate surface area is 103 Å². The minimum absolute atomic E-state index is 0.0707. The molecule has 6 heteroatoms. The quantitative estimate of drug-likeness (QED) is 0.338. The molecule has 0 aliphatic heterocycles. The van der Waals surface area contributed by atoms with Crippen molar-refractivity contribution >= 4 is 23.4 Å². The fourth-order valence-electron chi connectivity index (χ4n) is 1.21. The zero-order chi connectivity index (χ0) is 12.7. The largest absolute Gasteiger partial charge is 0.466 e. The molecule has 0 aromatic heterocycles. The van der Waals surface area contributed by atoms with Gasteiger partial charge in [-0.1, -0.05) is 12.1 Å². The summed E-state index contributed by atoms with van der Waals surface area (Å²) >= 11 is 1.29. The van der Waals surface area contributed by atoms with Crippen molar-refractivity contribution in [2.45, 2.75) is 18.2 Å². The van der Waals surface area contributed by atoms with Crippen LogP contribution in [-0.4, -0.2) is 23.3 Å². The van der Waals surface area contributed by atoms with Gasteiger partial charge in [-0.15, -0.1) is 11.8 Å². The SMILES string of the molecule is CCOC(=O)CCSc1ccccc1[N+](=O)[O-]. The number of ether oxygens (including phenoxy) is 1. The van der Waals surface area contributed by atoms with Crippen molar-refractivity contribution in [3.8, 4) is 0 Å². The van der Waals surface area contributed by atoms with Crippen molar-refractivity contribution in [3.63, 3.8) is 0 Å². The number of nitrogens with zero attached hydrogens (tertiary/aromatic N) is 1. The number of carbonyl (C=O) groups is 1. The van der Waals surface area contributed by atoms with E-state index in [1.165, 1.54) is 17.8 Å². The number of nitro benzene ring substituents is 1. The van der Waals surface area contributed by atoms with Crippen LogP contribution in [0.25, 0.3) is 0 Å². The summed E-state index contributed by atoms with van der Waals surface area (Å²) in [5.41, 5.74) is 0.0707. The summed E-state index contributed by atoms with van der Waals surface area (Å²) in [4.78, 5) is 22.0. The van der Waals surface area contributed by atoms with Gasteiger partial charge in [0.2, 0.25) is 0 Å². The number of carbonyl (C=O) groups excluding carboxylic acids is 1. The van der Waals surface area contributed by atoms with Crippen molar-refractivity contribution in [3.05, 3.63) is 34.4 Å². The topological polar surface area (TPSA) is 69.4 Å². The first-order chi connectivity index (χ1) is 8.15. The summed E-state index contributed by atoms with van der Waals surface area (Å²) in [5, 5.41) is 10.7. The lowest BCUT2D eigenvalue weighted by Gasteiger charge is -2.02. The van der Waals surface area contributed by atoms with Gasteiger partial charge in [0.15, 0.2) is 0 Å². The van der Waals surface area contributed by atoms with Crippen LogP contribution >= 0.6 is 11.8 Å². The molecule has 0 fully saturated rings. The Morgan fingerprint density at radius 3 is 2.82 bits per heavy atom. The maximum Gasteiger partial charge on any atom is 0.306 e. The maximum absolute atomic E-state index is 11.1. The van der Waals surface area contributed by atoms with Crippen molar-refractivity contribution in [2.24, 2.45) is 0 Å². The van der Waals surface area contributed by atoms with Crippen molar-refractivity contribution < 1.29 is 14.5 Å². The fourth-order valence-corrected chi connectivity index (χ4v) is 2.16. The van der Waals surface area contributed by atoms with E-state index in [0.29, 0.717) is 17.3 Å². The van der Waals surface area contributed by atoms with Gasteiger partial charge in [0.05, 0.1) is 22.8 Å². The third-order valence-electron chi connectivity index (χ3n) is 1.93. The second-order valence-corrected chi connectivity index (χ2v) is 4.27. The van der Waals surface area contributed by atoms with Gasteiger partial charge >= 0.3 is 5.97 Å². The maximum atomic E-state index is 11.1. The van der Waals surface area contributed by atoms with Crippen LogP contribution in [0, 0.1) is 10.1 Å². The van der Waals surface area contributed by atoms with Crippen molar-refractivity contribution in [1.29, 1.82) is 0 Å². The minimum Gasteiger partial charge on any atom is -0.466 e. The van der Waals surface area contributed by atoms with Crippen LogP contribution in [0.5, 0.6) is 0 Å². The Morgan fingerprint density at radius 2 is 2.18 bits per heavy atom.